The molecule has 0 atom stereocenters. The van der Waals surface area contributed by atoms with Crippen molar-refractivity contribution in [3.05, 3.63) is 57.5 Å². The van der Waals surface area contributed by atoms with Gasteiger partial charge in [0.15, 0.2) is 10.9 Å². The molecule has 142 valence electrons. The number of hydrogen-bond acceptors (Lipinski definition) is 5. The maximum Gasteiger partial charge on any atom is 0.263 e. The predicted molar refractivity (Wildman–Crippen MR) is 113 cm³/mol. The van der Waals surface area contributed by atoms with Gasteiger partial charge in [-0.15, -0.1) is 17.9 Å². The Labute approximate surface area is 166 Å². The zero-order chi connectivity index (χ0) is 19.6. The van der Waals surface area contributed by atoms with Gasteiger partial charge in [-0.3, -0.25) is 14.2 Å². The molecule has 3 aromatic rings. The molecule has 27 heavy (non-hydrogen) atoms. The Morgan fingerprint density at radius 1 is 1.37 bits per heavy atom. The van der Waals surface area contributed by atoms with E-state index < -0.39 is 0 Å². The number of fused-ring (bicyclic) bond motifs is 1. The number of nitrogens with zero attached hydrogens (tertiary/aromatic N) is 3. The number of aromatic nitrogens is 3. The number of carbonyl (C=O) groups is 1. The summed E-state index contributed by atoms with van der Waals surface area (Å²) < 4.78 is 3.77. The maximum absolute atomic E-state index is 12.8. The second-order valence-corrected chi connectivity index (χ2v) is 8.22. The molecule has 0 aliphatic rings. The first-order valence-corrected chi connectivity index (χ1v) is 10.8. The second kappa shape index (κ2) is 8.27. The first-order chi connectivity index (χ1) is 13.0. The van der Waals surface area contributed by atoms with Gasteiger partial charge in [0, 0.05) is 30.0 Å². The van der Waals surface area contributed by atoms with Crippen molar-refractivity contribution in [1.82, 2.24) is 14.1 Å². The van der Waals surface area contributed by atoms with Crippen molar-refractivity contribution in [1.29, 1.82) is 0 Å². The highest BCUT2D eigenvalue weighted by molar-refractivity contribution is 7.99. The van der Waals surface area contributed by atoms with Gasteiger partial charge < -0.3 is 4.57 Å². The summed E-state index contributed by atoms with van der Waals surface area (Å²) in [6, 6.07) is 3.75. The maximum atomic E-state index is 12.8. The van der Waals surface area contributed by atoms with Crippen LogP contribution in [0.5, 0.6) is 0 Å². The number of rotatable bonds is 8. The van der Waals surface area contributed by atoms with Crippen LogP contribution in [0.15, 0.2) is 40.1 Å². The highest BCUT2D eigenvalue weighted by Gasteiger charge is 2.18. The molecule has 0 spiro atoms. The van der Waals surface area contributed by atoms with E-state index in [1.165, 1.54) is 23.1 Å². The van der Waals surface area contributed by atoms with Gasteiger partial charge in [0.05, 0.1) is 11.1 Å². The third-order valence-electron chi connectivity index (χ3n) is 4.51. The van der Waals surface area contributed by atoms with Crippen LogP contribution < -0.4 is 5.56 Å². The lowest BCUT2D eigenvalue weighted by Crippen LogP contribution is -2.22. The monoisotopic (exact) mass is 401 g/mol. The molecule has 0 fully saturated rings. The molecule has 0 saturated heterocycles. The molecule has 7 heteroatoms. The van der Waals surface area contributed by atoms with Crippen LogP contribution in [-0.4, -0.2) is 25.7 Å². The smallest absolute Gasteiger partial charge is 0.263 e. The fourth-order valence-corrected chi connectivity index (χ4v) is 4.89. The molecule has 0 aromatic carbocycles. The normalized spacial score (nSPS) is 11.2. The van der Waals surface area contributed by atoms with Crippen LogP contribution in [0.4, 0.5) is 0 Å². The average Bonchev–Trinajstić information content (AvgIpc) is 3.22. The largest absolute Gasteiger partial charge is 0.348 e. The summed E-state index contributed by atoms with van der Waals surface area (Å²) in [7, 11) is 0. The van der Waals surface area contributed by atoms with Crippen molar-refractivity contribution >= 4 is 39.1 Å². The summed E-state index contributed by atoms with van der Waals surface area (Å²) in [5.74, 6) is 0.304. The van der Waals surface area contributed by atoms with E-state index in [1.54, 1.807) is 16.7 Å². The molecule has 0 N–H and O–H groups in total. The zero-order valence-corrected chi connectivity index (χ0v) is 17.5. The SMILES string of the molecule is C=CCn1c(SCC(=O)c2cc(C)n(CCC)c2C)nc2sccc2c1=O. The Bertz CT molecular complexity index is 1060. The molecule has 0 radical (unpaired) electrons. The standard InChI is InChI=1S/C20H23N3O2S2/c1-5-8-22-13(3)11-16(14(22)4)17(24)12-27-20-21-18-15(7-10-26-18)19(25)23(20)9-6-2/h6-7,10-11H,2,5,8-9,12H2,1,3-4H3. The van der Waals surface area contributed by atoms with Gasteiger partial charge in [-0.05, 0) is 37.8 Å². The van der Waals surface area contributed by atoms with E-state index in [4.69, 9.17) is 0 Å². The van der Waals surface area contributed by atoms with Crippen LogP contribution in [-0.2, 0) is 13.1 Å². The minimum Gasteiger partial charge on any atom is -0.348 e. The van der Waals surface area contributed by atoms with E-state index in [2.05, 4.69) is 23.1 Å². The van der Waals surface area contributed by atoms with Crippen LogP contribution in [0.1, 0.15) is 35.1 Å². The highest BCUT2D eigenvalue weighted by atomic mass is 32.2. The number of aryl methyl sites for hydroxylation is 1. The summed E-state index contributed by atoms with van der Waals surface area (Å²) in [6.45, 7) is 11.2. The summed E-state index contributed by atoms with van der Waals surface area (Å²) in [5.41, 5.74) is 2.77. The van der Waals surface area contributed by atoms with Crippen molar-refractivity contribution in [3.8, 4) is 0 Å². The van der Waals surface area contributed by atoms with Crippen LogP contribution in [0, 0.1) is 13.8 Å². The van der Waals surface area contributed by atoms with E-state index in [9.17, 15) is 9.59 Å². The third-order valence-corrected chi connectivity index (χ3v) is 6.30. The average molecular weight is 402 g/mol. The van der Waals surface area contributed by atoms with Gasteiger partial charge in [0.2, 0.25) is 0 Å². The van der Waals surface area contributed by atoms with Gasteiger partial charge in [-0.25, -0.2) is 4.98 Å². The Kier molecular flexibility index (Phi) is 6.01. The lowest BCUT2D eigenvalue weighted by molar-refractivity contribution is 0.102. The van der Waals surface area contributed by atoms with Crippen LogP contribution in [0.2, 0.25) is 0 Å². The predicted octanol–water partition coefficient (Wildman–Crippen LogP) is 4.45. The summed E-state index contributed by atoms with van der Waals surface area (Å²) >= 11 is 2.75. The summed E-state index contributed by atoms with van der Waals surface area (Å²) in [5, 5.41) is 3.03. The Morgan fingerprint density at radius 3 is 2.85 bits per heavy atom. The van der Waals surface area contributed by atoms with Crippen molar-refractivity contribution < 1.29 is 4.79 Å². The molecule has 0 aliphatic carbocycles. The molecule has 5 nitrogen and oxygen atoms in total. The summed E-state index contributed by atoms with van der Waals surface area (Å²) in [4.78, 5) is 30.8. The van der Waals surface area contributed by atoms with Gasteiger partial charge in [0.25, 0.3) is 5.56 Å². The second-order valence-electron chi connectivity index (χ2n) is 6.39. The molecular weight excluding hydrogens is 378 g/mol. The molecule has 3 rings (SSSR count). The fourth-order valence-electron chi connectivity index (χ4n) is 3.19. The van der Waals surface area contributed by atoms with E-state index in [0.29, 0.717) is 21.9 Å². The highest BCUT2D eigenvalue weighted by Crippen LogP contribution is 2.23. The van der Waals surface area contributed by atoms with Gasteiger partial charge in [-0.1, -0.05) is 24.8 Å². The number of ketones is 1. The molecule has 0 bridgehead atoms. The lowest BCUT2D eigenvalue weighted by Gasteiger charge is -2.10. The van der Waals surface area contributed by atoms with Gasteiger partial charge in [-0.2, -0.15) is 0 Å². The van der Waals surface area contributed by atoms with E-state index >= 15 is 0 Å². The van der Waals surface area contributed by atoms with Crippen molar-refractivity contribution in [2.24, 2.45) is 0 Å². The minimum atomic E-state index is -0.0859. The van der Waals surface area contributed by atoms with Gasteiger partial charge in [0.1, 0.15) is 4.83 Å². The number of hydrogen-bond donors (Lipinski definition) is 0. The van der Waals surface area contributed by atoms with Crippen LogP contribution in [0.3, 0.4) is 0 Å². The van der Waals surface area contributed by atoms with Gasteiger partial charge >= 0.3 is 0 Å². The molecule has 3 heterocycles. The molecular formula is C20H23N3O2S2. The number of allylic oxidation sites excluding steroid dienone is 1. The molecule has 0 saturated carbocycles. The molecule has 0 aliphatic heterocycles. The minimum absolute atomic E-state index is 0.0566. The molecule has 0 unspecified atom stereocenters. The number of Topliss-reactive ketones (excluding diaryl/α,β-unsaturated/α-hetero) is 1. The van der Waals surface area contributed by atoms with E-state index in [1.807, 2.05) is 25.3 Å². The van der Waals surface area contributed by atoms with Crippen molar-refractivity contribution in [3.63, 3.8) is 0 Å². The Hall–Kier alpha value is -2.12. The fraction of sp³-hybridized carbons (Fsp3) is 0.350. The van der Waals surface area contributed by atoms with E-state index in [-0.39, 0.29) is 17.1 Å². The first-order valence-electron chi connectivity index (χ1n) is 8.89. The number of thiophene rings is 1. The van der Waals surface area contributed by atoms with E-state index in [0.717, 1.165) is 29.9 Å². The zero-order valence-electron chi connectivity index (χ0n) is 15.8. The number of thioether (sulfide) groups is 1. The van der Waals surface area contributed by atoms with Crippen LogP contribution in [0.25, 0.3) is 10.2 Å². The molecule has 3 aromatic heterocycles. The Balaban J connectivity index is 1.87. The lowest BCUT2D eigenvalue weighted by atomic mass is 10.2. The molecule has 0 amide bonds. The quantitative estimate of drug-likeness (QED) is 0.242. The Morgan fingerprint density at radius 2 is 2.15 bits per heavy atom. The third kappa shape index (κ3) is 3.80. The summed E-state index contributed by atoms with van der Waals surface area (Å²) in [6.07, 6.45) is 2.70. The van der Waals surface area contributed by atoms with Crippen molar-refractivity contribution in [2.45, 2.75) is 45.4 Å². The van der Waals surface area contributed by atoms with Crippen molar-refractivity contribution in [2.75, 3.05) is 5.75 Å². The number of carbonyl (C=O) groups excluding carboxylic acids is 1. The first kappa shape index (κ1) is 19.6. The topological polar surface area (TPSA) is 56.9 Å². The van der Waals surface area contributed by atoms with Crippen LogP contribution >= 0.6 is 23.1 Å².